The number of nitrogens with zero attached hydrogens (tertiary/aromatic N) is 3. The van der Waals surface area contributed by atoms with Gasteiger partial charge in [0.2, 0.25) is 0 Å². The highest BCUT2D eigenvalue weighted by Gasteiger charge is 2.22. The molecule has 1 aliphatic rings. The number of ether oxygens (including phenoxy) is 1. The molecule has 0 unspecified atom stereocenters. The predicted octanol–water partition coefficient (Wildman–Crippen LogP) is 3.63. The van der Waals surface area contributed by atoms with Gasteiger partial charge in [0.05, 0.1) is 30.5 Å². The molecule has 134 valence electrons. The molecule has 2 aromatic heterocycles. The summed E-state index contributed by atoms with van der Waals surface area (Å²) in [5.41, 5.74) is 2.73. The quantitative estimate of drug-likeness (QED) is 0.550. The van der Waals surface area contributed by atoms with Crippen LogP contribution in [0.25, 0.3) is 27.7 Å². The maximum absolute atomic E-state index is 13.3. The van der Waals surface area contributed by atoms with E-state index < -0.39 is 0 Å². The lowest BCUT2D eigenvalue weighted by Crippen LogP contribution is -2.40. The first-order chi connectivity index (χ1) is 13.3. The van der Waals surface area contributed by atoms with Crippen LogP contribution in [0.1, 0.15) is 10.4 Å². The highest BCUT2D eigenvalue weighted by Crippen LogP contribution is 2.29. The topological polar surface area (TPSA) is 46.8 Å². The molecule has 1 aliphatic heterocycles. The summed E-state index contributed by atoms with van der Waals surface area (Å²) < 4.78 is 7.43. The van der Waals surface area contributed by atoms with E-state index in [9.17, 15) is 4.79 Å². The fourth-order valence-corrected chi connectivity index (χ4v) is 3.74. The fraction of sp³-hybridized carbons (Fsp3) is 0.182. The molecule has 3 heterocycles. The molecule has 1 fully saturated rings. The minimum Gasteiger partial charge on any atom is -0.378 e. The summed E-state index contributed by atoms with van der Waals surface area (Å²) in [7, 11) is 0. The molecule has 2 aromatic carbocycles. The highest BCUT2D eigenvalue weighted by molar-refractivity contribution is 6.11. The van der Waals surface area contributed by atoms with Gasteiger partial charge in [-0.1, -0.05) is 54.6 Å². The Kier molecular flexibility index (Phi) is 3.87. The van der Waals surface area contributed by atoms with Gasteiger partial charge >= 0.3 is 0 Å². The third-order valence-electron chi connectivity index (χ3n) is 5.11. The Balaban J connectivity index is 1.75. The van der Waals surface area contributed by atoms with Crippen molar-refractivity contribution in [2.75, 3.05) is 26.3 Å². The lowest BCUT2D eigenvalue weighted by Gasteiger charge is -2.27. The van der Waals surface area contributed by atoms with Gasteiger partial charge in [0.25, 0.3) is 5.91 Å². The molecule has 4 aromatic rings. The van der Waals surface area contributed by atoms with E-state index in [0.717, 1.165) is 27.7 Å². The molecule has 0 aliphatic carbocycles. The summed E-state index contributed by atoms with van der Waals surface area (Å²) in [4.78, 5) is 19.8. The Morgan fingerprint density at radius 2 is 1.63 bits per heavy atom. The zero-order chi connectivity index (χ0) is 18.2. The molecule has 5 rings (SSSR count). The number of benzene rings is 2. The van der Waals surface area contributed by atoms with Crippen LogP contribution in [-0.4, -0.2) is 46.5 Å². The zero-order valence-corrected chi connectivity index (χ0v) is 14.8. The van der Waals surface area contributed by atoms with Crippen molar-refractivity contribution in [3.8, 4) is 11.4 Å². The van der Waals surface area contributed by atoms with Crippen molar-refractivity contribution in [1.29, 1.82) is 0 Å². The van der Waals surface area contributed by atoms with Gasteiger partial charge in [-0.05, 0) is 5.39 Å². The number of morpholine rings is 1. The first-order valence-corrected chi connectivity index (χ1v) is 9.14. The molecule has 5 nitrogen and oxygen atoms in total. The Morgan fingerprint density at radius 3 is 2.41 bits per heavy atom. The van der Waals surface area contributed by atoms with Crippen LogP contribution in [0.5, 0.6) is 0 Å². The van der Waals surface area contributed by atoms with Crippen molar-refractivity contribution in [3.05, 3.63) is 72.6 Å². The third kappa shape index (κ3) is 2.67. The molecule has 1 amide bonds. The van der Waals surface area contributed by atoms with Crippen molar-refractivity contribution in [1.82, 2.24) is 14.3 Å². The first kappa shape index (κ1) is 16.0. The van der Waals surface area contributed by atoms with Gasteiger partial charge in [0.15, 0.2) is 0 Å². The van der Waals surface area contributed by atoms with Crippen LogP contribution < -0.4 is 0 Å². The van der Waals surface area contributed by atoms with Gasteiger partial charge in [-0.25, -0.2) is 4.98 Å². The second-order valence-corrected chi connectivity index (χ2v) is 6.70. The molecule has 0 spiro atoms. The standard InChI is InChI=1S/C22H19N3O2/c26-22(24-10-12-27-13-11-24)19-15-25-20(18-9-5-4-8-17(18)19)14-23-21(25)16-6-2-1-3-7-16/h1-9,14-15H,10-13H2. The largest absolute Gasteiger partial charge is 0.378 e. The maximum atomic E-state index is 13.3. The average Bonchev–Trinajstić information content (AvgIpc) is 3.18. The SMILES string of the molecule is O=C(c1cn2c(-c3ccccc3)ncc2c2ccccc12)N1CCOCC1. The van der Waals surface area contributed by atoms with Crippen LogP contribution in [0.15, 0.2) is 67.0 Å². The molecule has 0 atom stereocenters. The maximum Gasteiger partial charge on any atom is 0.256 e. The minimum absolute atomic E-state index is 0.0455. The monoisotopic (exact) mass is 357 g/mol. The van der Waals surface area contributed by atoms with E-state index in [0.29, 0.717) is 31.9 Å². The Bertz CT molecular complexity index is 1130. The van der Waals surface area contributed by atoms with Gasteiger partial charge in [0.1, 0.15) is 5.82 Å². The van der Waals surface area contributed by atoms with Crippen LogP contribution in [0.4, 0.5) is 0 Å². The summed E-state index contributed by atoms with van der Waals surface area (Å²) in [6.07, 6.45) is 3.82. The number of imidazole rings is 1. The van der Waals surface area contributed by atoms with E-state index in [1.807, 2.05) is 70.2 Å². The summed E-state index contributed by atoms with van der Waals surface area (Å²) in [6.45, 7) is 2.43. The average molecular weight is 357 g/mol. The van der Waals surface area contributed by atoms with Crippen LogP contribution in [0.3, 0.4) is 0 Å². The van der Waals surface area contributed by atoms with E-state index in [1.165, 1.54) is 0 Å². The molecular formula is C22H19N3O2. The van der Waals surface area contributed by atoms with E-state index in [2.05, 4.69) is 11.1 Å². The van der Waals surface area contributed by atoms with E-state index in [-0.39, 0.29) is 5.91 Å². The number of carbonyl (C=O) groups excluding carboxylic acids is 1. The van der Waals surface area contributed by atoms with E-state index in [4.69, 9.17) is 4.74 Å². The number of aromatic nitrogens is 2. The zero-order valence-electron chi connectivity index (χ0n) is 14.8. The third-order valence-corrected chi connectivity index (χ3v) is 5.11. The predicted molar refractivity (Wildman–Crippen MR) is 105 cm³/mol. The number of fused-ring (bicyclic) bond motifs is 3. The summed E-state index contributed by atoms with van der Waals surface area (Å²) in [6, 6.07) is 18.1. The molecule has 0 bridgehead atoms. The Hall–Kier alpha value is -3.18. The molecular weight excluding hydrogens is 338 g/mol. The van der Waals surface area contributed by atoms with Crippen LogP contribution in [-0.2, 0) is 4.74 Å². The number of hydrogen-bond donors (Lipinski definition) is 0. The molecule has 1 saturated heterocycles. The van der Waals surface area contributed by atoms with Gasteiger partial charge in [-0.3, -0.25) is 9.20 Å². The number of amides is 1. The number of pyridine rings is 1. The van der Waals surface area contributed by atoms with Crippen molar-refractivity contribution in [3.63, 3.8) is 0 Å². The molecule has 0 N–H and O–H groups in total. The van der Waals surface area contributed by atoms with Gasteiger partial charge in [0, 0.05) is 30.2 Å². The lowest BCUT2D eigenvalue weighted by molar-refractivity contribution is 0.0304. The van der Waals surface area contributed by atoms with Crippen LogP contribution in [0, 0.1) is 0 Å². The normalized spacial score (nSPS) is 14.7. The van der Waals surface area contributed by atoms with Crippen LogP contribution in [0.2, 0.25) is 0 Å². The fourth-order valence-electron chi connectivity index (χ4n) is 3.74. The molecule has 0 radical (unpaired) electrons. The number of rotatable bonds is 2. The van der Waals surface area contributed by atoms with Crippen molar-refractivity contribution < 1.29 is 9.53 Å². The second kappa shape index (κ2) is 6.52. The van der Waals surface area contributed by atoms with E-state index >= 15 is 0 Å². The number of hydrogen-bond acceptors (Lipinski definition) is 3. The van der Waals surface area contributed by atoms with Gasteiger partial charge in [-0.2, -0.15) is 0 Å². The van der Waals surface area contributed by atoms with Crippen LogP contribution >= 0.6 is 0 Å². The highest BCUT2D eigenvalue weighted by atomic mass is 16.5. The second-order valence-electron chi connectivity index (χ2n) is 6.70. The summed E-state index contributed by atoms with van der Waals surface area (Å²) >= 11 is 0. The summed E-state index contributed by atoms with van der Waals surface area (Å²) in [5.74, 6) is 0.886. The molecule has 27 heavy (non-hydrogen) atoms. The Labute approximate surface area is 156 Å². The van der Waals surface area contributed by atoms with Crippen molar-refractivity contribution >= 4 is 22.2 Å². The van der Waals surface area contributed by atoms with Crippen molar-refractivity contribution in [2.24, 2.45) is 0 Å². The summed E-state index contributed by atoms with van der Waals surface area (Å²) in [5, 5.41) is 1.99. The van der Waals surface area contributed by atoms with Gasteiger partial charge < -0.3 is 9.64 Å². The Morgan fingerprint density at radius 1 is 0.926 bits per heavy atom. The molecule has 5 heteroatoms. The smallest absolute Gasteiger partial charge is 0.256 e. The van der Waals surface area contributed by atoms with Gasteiger partial charge in [-0.15, -0.1) is 0 Å². The van der Waals surface area contributed by atoms with Crippen molar-refractivity contribution in [2.45, 2.75) is 0 Å². The van der Waals surface area contributed by atoms with E-state index in [1.54, 1.807) is 0 Å². The lowest BCUT2D eigenvalue weighted by atomic mass is 10.0. The number of carbonyl (C=O) groups is 1. The minimum atomic E-state index is 0.0455. The molecule has 0 saturated carbocycles. The first-order valence-electron chi connectivity index (χ1n) is 9.14.